The largest absolute Gasteiger partial charge is 0.354 e. The third kappa shape index (κ3) is 5.73. The predicted octanol–water partition coefficient (Wildman–Crippen LogP) is 3.02. The lowest BCUT2D eigenvalue weighted by Crippen LogP contribution is -2.51. The molecule has 0 bridgehead atoms. The summed E-state index contributed by atoms with van der Waals surface area (Å²) < 4.78 is 1.11. The first-order valence-electron chi connectivity index (χ1n) is 8.94. The Hall–Kier alpha value is -1.03. The molecule has 0 radical (unpaired) electrons. The van der Waals surface area contributed by atoms with Gasteiger partial charge in [-0.25, -0.2) is 4.79 Å². The Morgan fingerprint density at radius 2 is 1.92 bits per heavy atom. The molecule has 2 fully saturated rings. The number of nitrogens with two attached hydrogens (primary N) is 1. The van der Waals surface area contributed by atoms with E-state index in [2.05, 4.69) is 55.8 Å². The number of aliphatic imine (C=N–C) groups is 1. The van der Waals surface area contributed by atoms with Crippen LogP contribution in [-0.4, -0.2) is 48.6 Å². The van der Waals surface area contributed by atoms with Crippen molar-refractivity contribution in [1.29, 1.82) is 0 Å². The van der Waals surface area contributed by atoms with E-state index < -0.39 is 0 Å². The number of hydrogen-bond donors (Lipinski definition) is 3. The van der Waals surface area contributed by atoms with Crippen LogP contribution in [-0.2, 0) is 0 Å². The van der Waals surface area contributed by atoms with E-state index in [1.807, 2.05) is 6.92 Å². The van der Waals surface area contributed by atoms with Crippen LogP contribution in [0.1, 0.15) is 37.7 Å². The van der Waals surface area contributed by atoms with Gasteiger partial charge in [-0.1, -0.05) is 28.1 Å². The molecule has 2 atom stereocenters. The zero-order valence-electron chi connectivity index (χ0n) is 15.0. The number of nitrogens with zero attached hydrogens (tertiary/aromatic N) is 2. The molecule has 144 valence electrons. The van der Waals surface area contributed by atoms with E-state index in [1.165, 1.54) is 5.56 Å². The van der Waals surface area contributed by atoms with Crippen LogP contribution >= 0.6 is 39.9 Å². The summed E-state index contributed by atoms with van der Waals surface area (Å²) in [4.78, 5) is 17.5. The number of hydrogen-bond acceptors (Lipinski definition) is 2. The lowest BCUT2D eigenvalue weighted by Gasteiger charge is -2.32. The molecule has 1 aromatic carbocycles. The number of likely N-dealkylation sites (tertiary alicyclic amines) is 1. The number of benzene rings is 1. The first kappa shape index (κ1) is 21.3. The van der Waals surface area contributed by atoms with Crippen molar-refractivity contribution >= 4 is 51.9 Å². The van der Waals surface area contributed by atoms with Crippen LogP contribution < -0.4 is 16.4 Å². The normalized spacial score (nSPS) is 23.2. The average Bonchev–Trinajstić information content (AvgIpc) is 3.35. The highest BCUT2D eigenvalue weighted by Crippen LogP contribution is 2.41. The highest BCUT2D eigenvalue weighted by atomic mass is 127. The highest BCUT2D eigenvalue weighted by molar-refractivity contribution is 14.0. The molecular formula is C18H27BrIN5O. The van der Waals surface area contributed by atoms with Crippen molar-refractivity contribution in [2.45, 2.75) is 44.2 Å². The lowest BCUT2D eigenvalue weighted by molar-refractivity contribution is 0.188. The molecule has 1 heterocycles. The third-order valence-electron chi connectivity index (χ3n) is 4.87. The van der Waals surface area contributed by atoms with Gasteiger partial charge in [0.05, 0.1) is 0 Å². The quantitative estimate of drug-likeness (QED) is 0.315. The number of rotatable bonds is 4. The Morgan fingerprint density at radius 3 is 2.50 bits per heavy atom. The van der Waals surface area contributed by atoms with Crippen molar-refractivity contribution in [3.63, 3.8) is 0 Å². The number of primary amides is 1. The van der Waals surface area contributed by atoms with Gasteiger partial charge in [-0.05, 0) is 43.9 Å². The molecule has 1 aromatic rings. The van der Waals surface area contributed by atoms with Gasteiger partial charge in [0.2, 0.25) is 0 Å². The topological polar surface area (TPSA) is 82.8 Å². The fourth-order valence-electron chi connectivity index (χ4n) is 3.34. The minimum Gasteiger partial charge on any atom is -0.354 e. The van der Waals surface area contributed by atoms with Crippen LogP contribution in [0, 0.1) is 0 Å². The smallest absolute Gasteiger partial charge is 0.314 e. The maximum absolute atomic E-state index is 11.2. The monoisotopic (exact) mass is 535 g/mol. The van der Waals surface area contributed by atoms with Gasteiger partial charge in [0.15, 0.2) is 5.96 Å². The van der Waals surface area contributed by atoms with Crippen LogP contribution in [0.5, 0.6) is 0 Å². The van der Waals surface area contributed by atoms with Crippen molar-refractivity contribution in [2.75, 3.05) is 19.6 Å². The van der Waals surface area contributed by atoms with Gasteiger partial charge >= 0.3 is 6.03 Å². The summed E-state index contributed by atoms with van der Waals surface area (Å²) in [6.45, 7) is 4.19. The molecular weight excluding hydrogens is 509 g/mol. The Balaban J connectivity index is 0.00000243. The SMILES string of the molecule is CCN=C(NC1CCN(C(N)=O)CC1)NC1CC1c1ccc(Br)cc1.I. The van der Waals surface area contributed by atoms with Crippen molar-refractivity contribution < 1.29 is 4.79 Å². The van der Waals surface area contributed by atoms with Crippen molar-refractivity contribution in [2.24, 2.45) is 10.7 Å². The predicted molar refractivity (Wildman–Crippen MR) is 119 cm³/mol. The number of piperidine rings is 1. The van der Waals surface area contributed by atoms with Crippen LogP contribution in [0.4, 0.5) is 4.79 Å². The number of guanidine groups is 1. The molecule has 26 heavy (non-hydrogen) atoms. The second-order valence-corrected chi connectivity index (χ2v) is 7.63. The molecule has 1 saturated heterocycles. The van der Waals surface area contributed by atoms with E-state index in [-0.39, 0.29) is 30.0 Å². The molecule has 4 N–H and O–H groups in total. The van der Waals surface area contributed by atoms with Crippen molar-refractivity contribution in [3.8, 4) is 0 Å². The molecule has 0 aromatic heterocycles. The van der Waals surface area contributed by atoms with Gasteiger partial charge < -0.3 is 21.3 Å². The van der Waals surface area contributed by atoms with Crippen molar-refractivity contribution in [3.05, 3.63) is 34.3 Å². The fourth-order valence-corrected chi connectivity index (χ4v) is 3.60. The van der Waals surface area contributed by atoms with E-state index in [0.717, 1.165) is 36.2 Å². The van der Waals surface area contributed by atoms with Gasteiger partial charge in [0.1, 0.15) is 0 Å². The maximum atomic E-state index is 11.2. The second-order valence-electron chi connectivity index (χ2n) is 6.71. The van der Waals surface area contributed by atoms with E-state index in [4.69, 9.17) is 5.73 Å². The van der Waals surface area contributed by atoms with Gasteiger partial charge in [0, 0.05) is 42.1 Å². The Bertz CT molecular complexity index is 631. The molecule has 1 saturated carbocycles. The first-order valence-corrected chi connectivity index (χ1v) is 9.73. The number of urea groups is 1. The summed E-state index contributed by atoms with van der Waals surface area (Å²) in [5.41, 5.74) is 6.71. The van der Waals surface area contributed by atoms with Gasteiger partial charge in [-0.15, -0.1) is 24.0 Å². The van der Waals surface area contributed by atoms with Gasteiger partial charge in [-0.2, -0.15) is 0 Å². The van der Waals surface area contributed by atoms with Crippen LogP contribution in [0.15, 0.2) is 33.7 Å². The lowest BCUT2D eigenvalue weighted by atomic mass is 10.1. The molecule has 2 aliphatic rings. The number of carbonyl (C=O) groups excluding carboxylic acids is 1. The summed E-state index contributed by atoms with van der Waals surface area (Å²) in [5.74, 6) is 1.43. The van der Waals surface area contributed by atoms with E-state index in [9.17, 15) is 4.79 Å². The standard InChI is InChI=1S/C18H26BrN5O.HI/c1-2-21-18(22-14-7-9-24(10-8-14)17(20)25)23-16-11-15(16)12-3-5-13(19)6-4-12;/h3-6,14-16H,2,7-11H2,1H3,(H2,20,25)(H2,21,22,23);1H. The van der Waals surface area contributed by atoms with Gasteiger partial charge in [0.25, 0.3) is 0 Å². The molecule has 1 aliphatic heterocycles. The average molecular weight is 536 g/mol. The van der Waals surface area contributed by atoms with E-state index in [1.54, 1.807) is 4.90 Å². The van der Waals surface area contributed by atoms with E-state index in [0.29, 0.717) is 31.1 Å². The minimum absolute atomic E-state index is 0. The first-order chi connectivity index (χ1) is 12.1. The number of halogens is 2. The molecule has 8 heteroatoms. The Kier molecular flexibility index (Phi) is 8.00. The molecule has 0 spiro atoms. The minimum atomic E-state index is -0.325. The fraction of sp³-hybridized carbons (Fsp3) is 0.556. The molecule has 2 amide bonds. The van der Waals surface area contributed by atoms with E-state index >= 15 is 0 Å². The molecule has 6 nitrogen and oxygen atoms in total. The van der Waals surface area contributed by atoms with Crippen LogP contribution in [0.25, 0.3) is 0 Å². The molecule has 2 unspecified atom stereocenters. The summed E-state index contributed by atoms with van der Waals surface area (Å²) in [5, 5.41) is 7.08. The summed E-state index contributed by atoms with van der Waals surface area (Å²) in [6.07, 6.45) is 2.93. The third-order valence-corrected chi connectivity index (χ3v) is 5.40. The number of carbonyl (C=O) groups is 1. The summed E-state index contributed by atoms with van der Waals surface area (Å²) >= 11 is 3.48. The van der Waals surface area contributed by atoms with Crippen molar-refractivity contribution in [1.82, 2.24) is 15.5 Å². The second kappa shape index (κ2) is 9.77. The zero-order chi connectivity index (χ0) is 17.8. The van der Waals surface area contributed by atoms with Crippen LogP contribution in [0.3, 0.4) is 0 Å². The summed E-state index contributed by atoms with van der Waals surface area (Å²) in [7, 11) is 0. The Morgan fingerprint density at radius 1 is 1.27 bits per heavy atom. The molecule has 3 rings (SSSR count). The maximum Gasteiger partial charge on any atom is 0.314 e. The highest BCUT2D eigenvalue weighted by Gasteiger charge is 2.39. The number of nitrogens with one attached hydrogen (secondary N) is 2. The molecule has 1 aliphatic carbocycles. The van der Waals surface area contributed by atoms with Crippen LogP contribution in [0.2, 0.25) is 0 Å². The Labute approximate surface area is 180 Å². The summed E-state index contributed by atoms with van der Waals surface area (Å²) in [6, 6.07) is 8.99. The van der Waals surface area contributed by atoms with Gasteiger partial charge in [-0.3, -0.25) is 4.99 Å². The number of amides is 2. The zero-order valence-corrected chi connectivity index (χ0v) is 18.9.